The van der Waals surface area contributed by atoms with Crippen molar-refractivity contribution in [3.63, 3.8) is 0 Å². The number of thiazole rings is 1. The van der Waals surface area contributed by atoms with Crippen LogP contribution in [0.15, 0.2) is 52.4 Å². The summed E-state index contributed by atoms with van der Waals surface area (Å²) in [4.78, 5) is 30.6. The quantitative estimate of drug-likeness (QED) is 0.469. The molecule has 1 aliphatic rings. The molecule has 1 aliphatic heterocycles. The van der Waals surface area contributed by atoms with E-state index in [1.54, 1.807) is 41.8 Å². The van der Waals surface area contributed by atoms with Gasteiger partial charge in [0.25, 0.3) is 5.91 Å². The third kappa shape index (κ3) is 5.39. The first kappa shape index (κ1) is 25.3. The number of ether oxygens (including phenoxy) is 1. The summed E-state index contributed by atoms with van der Waals surface area (Å²) in [6.45, 7) is 6.41. The van der Waals surface area contributed by atoms with Crippen molar-refractivity contribution in [3.05, 3.63) is 58.4 Å². The first-order valence-electron chi connectivity index (χ1n) is 11.6. The molecule has 1 aromatic heterocycles. The van der Waals surface area contributed by atoms with Crippen LogP contribution < -0.4 is 4.80 Å². The Hall–Kier alpha value is -2.82. The van der Waals surface area contributed by atoms with Crippen molar-refractivity contribution in [2.24, 2.45) is 10.9 Å². The Morgan fingerprint density at radius 1 is 1.14 bits per heavy atom. The van der Waals surface area contributed by atoms with E-state index in [0.29, 0.717) is 24.2 Å². The molecular formula is C25H29N3O5S2. The van der Waals surface area contributed by atoms with Gasteiger partial charge in [-0.25, -0.2) is 8.42 Å². The molecule has 1 fully saturated rings. The Morgan fingerprint density at radius 2 is 1.86 bits per heavy atom. The van der Waals surface area contributed by atoms with Crippen LogP contribution in [-0.4, -0.2) is 48.9 Å². The number of carbonyl (C=O) groups excluding carboxylic acids is 2. The summed E-state index contributed by atoms with van der Waals surface area (Å²) >= 11 is 1.34. The van der Waals surface area contributed by atoms with Gasteiger partial charge >= 0.3 is 5.97 Å². The van der Waals surface area contributed by atoms with Gasteiger partial charge in [-0.2, -0.15) is 9.30 Å². The van der Waals surface area contributed by atoms with Crippen LogP contribution in [0.1, 0.15) is 30.9 Å². The average molecular weight is 516 g/mol. The van der Waals surface area contributed by atoms with E-state index in [2.05, 4.69) is 4.99 Å². The molecular weight excluding hydrogens is 486 g/mol. The predicted octanol–water partition coefficient (Wildman–Crippen LogP) is 3.41. The van der Waals surface area contributed by atoms with Gasteiger partial charge in [0.1, 0.15) is 6.54 Å². The van der Waals surface area contributed by atoms with Crippen LogP contribution in [0, 0.1) is 19.8 Å². The van der Waals surface area contributed by atoms with Crippen LogP contribution in [0.2, 0.25) is 0 Å². The molecule has 0 N–H and O–H groups in total. The molecule has 2 heterocycles. The minimum Gasteiger partial charge on any atom is -0.465 e. The zero-order valence-corrected chi connectivity index (χ0v) is 21.7. The molecule has 35 heavy (non-hydrogen) atoms. The highest BCUT2D eigenvalue weighted by molar-refractivity contribution is 7.89. The van der Waals surface area contributed by atoms with Gasteiger partial charge in [0.2, 0.25) is 10.0 Å². The molecule has 4 rings (SSSR count). The smallest absolute Gasteiger partial charge is 0.326 e. The lowest BCUT2D eigenvalue weighted by Gasteiger charge is -2.30. The fourth-order valence-electron chi connectivity index (χ4n) is 4.18. The summed E-state index contributed by atoms with van der Waals surface area (Å²) in [7, 11) is -3.69. The molecule has 186 valence electrons. The highest BCUT2D eigenvalue weighted by Gasteiger charge is 2.33. The van der Waals surface area contributed by atoms with Crippen LogP contribution in [0.5, 0.6) is 0 Å². The predicted molar refractivity (Wildman–Crippen MR) is 134 cm³/mol. The van der Waals surface area contributed by atoms with Crippen LogP contribution in [-0.2, 0) is 30.9 Å². The third-order valence-corrected chi connectivity index (χ3v) is 9.13. The topological polar surface area (TPSA) is 98.0 Å². The monoisotopic (exact) mass is 515 g/mol. The molecule has 0 radical (unpaired) electrons. The summed E-state index contributed by atoms with van der Waals surface area (Å²) in [6, 6.07) is 12.3. The number of nitrogens with zero attached hydrogens (tertiary/aromatic N) is 3. The van der Waals surface area contributed by atoms with Crippen LogP contribution in [0.3, 0.4) is 0 Å². The molecule has 10 heteroatoms. The van der Waals surface area contributed by atoms with Gasteiger partial charge < -0.3 is 9.30 Å². The van der Waals surface area contributed by atoms with Crippen molar-refractivity contribution in [2.45, 2.75) is 45.1 Å². The number of carbonyl (C=O) groups is 2. The van der Waals surface area contributed by atoms with Crippen molar-refractivity contribution in [1.82, 2.24) is 8.87 Å². The maximum absolute atomic E-state index is 13.2. The molecule has 0 bridgehead atoms. The van der Waals surface area contributed by atoms with E-state index in [9.17, 15) is 18.0 Å². The average Bonchev–Trinajstić information content (AvgIpc) is 3.15. The minimum absolute atomic E-state index is 0.0539. The van der Waals surface area contributed by atoms with Gasteiger partial charge in [-0.15, -0.1) is 0 Å². The number of benzene rings is 2. The minimum atomic E-state index is -3.69. The molecule has 2 aromatic carbocycles. The zero-order chi connectivity index (χ0) is 25.2. The third-order valence-electron chi connectivity index (χ3n) is 6.21. The highest BCUT2D eigenvalue weighted by Crippen LogP contribution is 2.25. The zero-order valence-electron chi connectivity index (χ0n) is 20.1. The van der Waals surface area contributed by atoms with E-state index in [1.165, 1.54) is 15.6 Å². The molecule has 1 saturated heterocycles. The Bertz CT molecular complexity index is 1420. The maximum Gasteiger partial charge on any atom is 0.326 e. The summed E-state index contributed by atoms with van der Waals surface area (Å²) in [5.41, 5.74) is 2.99. The van der Waals surface area contributed by atoms with E-state index < -0.39 is 21.9 Å². The van der Waals surface area contributed by atoms with E-state index in [1.807, 2.05) is 26.0 Å². The summed E-state index contributed by atoms with van der Waals surface area (Å²) < 4.78 is 35.3. The van der Waals surface area contributed by atoms with Gasteiger partial charge in [-0.1, -0.05) is 29.5 Å². The molecule has 0 saturated carbocycles. The number of hydrogen-bond donors (Lipinski definition) is 0. The molecule has 0 spiro atoms. The first-order valence-corrected chi connectivity index (χ1v) is 13.9. The van der Waals surface area contributed by atoms with Crippen molar-refractivity contribution in [1.29, 1.82) is 0 Å². The fraction of sp³-hybridized carbons (Fsp3) is 0.400. The van der Waals surface area contributed by atoms with Gasteiger partial charge in [-0.3, -0.25) is 9.59 Å². The van der Waals surface area contributed by atoms with Crippen LogP contribution in [0.25, 0.3) is 10.2 Å². The Morgan fingerprint density at radius 3 is 2.57 bits per heavy atom. The summed E-state index contributed by atoms with van der Waals surface area (Å²) in [6.07, 6.45) is 1.13. The number of sulfonamides is 1. The lowest BCUT2D eigenvalue weighted by atomic mass is 9.99. The number of piperidine rings is 1. The molecule has 8 nitrogen and oxygen atoms in total. The second-order valence-corrected chi connectivity index (χ2v) is 11.6. The van der Waals surface area contributed by atoms with E-state index in [4.69, 9.17) is 4.74 Å². The van der Waals surface area contributed by atoms with E-state index in [0.717, 1.165) is 21.3 Å². The number of rotatable bonds is 6. The van der Waals surface area contributed by atoms with E-state index in [-0.39, 0.29) is 30.5 Å². The lowest BCUT2D eigenvalue weighted by molar-refractivity contribution is -0.143. The van der Waals surface area contributed by atoms with Crippen molar-refractivity contribution in [3.8, 4) is 0 Å². The van der Waals surface area contributed by atoms with Crippen LogP contribution >= 0.6 is 11.3 Å². The van der Waals surface area contributed by atoms with Crippen molar-refractivity contribution in [2.75, 3.05) is 19.7 Å². The number of esters is 1. The molecule has 1 unspecified atom stereocenters. The Balaban J connectivity index is 1.67. The second-order valence-electron chi connectivity index (χ2n) is 8.65. The number of hydrogen-bond acceptors (Lipinski definition) is 6. The molecule has 0 aliphatic carbocycles. The SMILES string of the molecule is CCOC(=O)Cn1c(=NC(=O)C2CCCN(S(=O)(=O)c3ccccc3)C2)sc2cc(C)c(C)cc21. The number of fused-ring (bicyclic) bond motifs is 1. The van der Waals surface area contributed by atoms with Crippen molar-refractivity contribution < 1.29 is 22.7 Å². The van der Waals surface area contributed by atoms with Gasteiger partial charge in [-0.05, 0) is 69.0 Å². The van der Waals surface area contributed by atoms with Gasteiger partial charge in [0.05, 0.1) is 27.6 Å². The molecule has 1 atom stereocenters. The van der Waals surface area contributed by atoms with Crippen LogP contribution in [0.4, 0.5) is 0 Å². The van der Waals surface area contributed by atoms with E-state index >= 15 is 0 Å². The Kier molecular flexibility index (Phi) is 7.53. The molecule has 1 amide bonds. The lowest BCUT2D eigenvalue weighted by Crippen LogP contribution is -2.42. The summed E-state index contributed by atoms with van der Waals surface area (Å²) in [5, 5.41) is 0. The fourth-order valence-corrected chi connectivity index (χ4v) is 6.84. The second kappa shape index (κ2) is 10.4. The number of aromatic nitrogens is 1. The largest absolute Gasteiger partial charge is 0.465 e. The van der Waals surface area contributed by atoms with Gasteiger partial charge in [0.15, 0.2) is 4.80 Å². The highest BCUT2D eigenvalue weighted by atomic mass is 32.2. The standard InChI is InChI=1S/C25H29N3O5S2/c1-4-33-23(29)16-28-21-13-17(2)18(3)14-22(21)34-25(28)26-24(30)19-9-8-12-27(15-19)35(31,32)20-10-6-5-7-11-20/h5-7,10-11,13-14,19H,4,8-9,12,15-16H2,1-3H3. The van der Waals surface area contributed by atoms with Gasteiger partial charge in [0, 0.05) is 13.1 Å². The molecule has 3 aromatic rings. The number of aryl methyl sites for hydroxylation is 2. The Labute approximate surface area is 208 Å². The number of amides is 1. The van der Waals surface area contributed by atoms with Crippen molar-refractivity contribution >= 4 is 43.5 Å². The summed E-state index contributed by atoms with van der Waals surface area (Å²) in [5.74, 6) is -1.33. The normalized spacial score (nSPS) is 17.6. The first-order chi connectivity index (χ1) is 16.7. The maximum atomic E-state index is 13.2.